The van der Waals surface area contributed by atoms with Crippen molar-refractivity contribution in [1.82, 2.24) is 4.57 Å². The summed E-state index contributed by atoms with van der Waals surface area (Å²) in [5, 5.41) is 10.1. The molecule has 0 spiro atoms. The molecule has 0 fully saturated rings. The summed E-state index contributed by atoms with van der Waals surface area (Å²) in [7, 11) is 0. The average Bonchev–Trinajstić information content (AvgIpc) is 2.91. The van der Waals surface area contributed by atoms with Crippen LogP contribution in [0, 0.1) is 11.3 Å². The average molecular weight is 276 g/mol. The Labute approximate surface area is 124 Å². The molecule has 3 rings (SSSR count). The van der Waals surface area contributed by atoms with Gasteiger partial charge in [0.15, 0.2) is 0 Å². The van der Waals surface area contributed by atoms with Crippen LogP contribution in [0.4, 0.5) is 0 Å². The van der Waals surface area contributed by atoms with Gasteiger partial charge in [-0.3, -0.25) is 0 Å². The molecule has 0 atom stereocenters. The number of rotatable bonds is 4. The van der Waals surface area contributed by atoms with Crippen molar-refractivity contribution in [3.05, 3.63) is 65.9 Å². The van der Waals surface area contributed by atoms with Gasteiger partial charge in [0.05, 0.1) is 11.1 Å². The number of nitrogens with zero attached hydrogens (tertiary/aromatic N) is 2. The number of nitriles is 1. The number of aromatic nitrogens is 1. The van der Waals surface area contributed by atoms with Crippen LogP contribution in [0.3, 0.4) is 0 Å². The molecule has 0 bridgehead atoms. The largest absolute Gasteiger partial charge is 0.489 e. The zero-order valence-electron chi connectivity index (χ0n) is 11.9. The Kier molecular flexibility index (Phi) is 3.61. The van der Waals surface area contributed by atoms with E-state index in [2.05, 4.69) is 17.6 Å². The summed E-state index contributed by atoms with van der Waals surface area (Å²) in [5.74, 6) is 0.823. The van der Waals surface area contributed by atoms with Gasteiger partial charge in [-0.1, -0.05) is 30.3 Å². The van der Waals surface area contributed by atoms with Crippen LogP contribution in [0.5, 0.6) is 5.75 Å². The monoisotopic (exact) mass is 276 g/mol. The third-order valence-corrected chi connectivity index (χ3v) is 3.56. The van der Waals surface area contributed by atoms with Crippen LogP contribution in [-0.2, 0) is 13.2 Å². The Hall–Kier alpha value is -2.73. The molecule has 0 aliphatic carbocycles. The molecule has 1 heterocycles. The van der Waals surface area contributed by atoms with Crippen LogP contribution in [0.1, 0.15) is 18.1 Å². The van der Waals surface area contributed by atoms with Crippen LogP contribution in [0.2, 0.25) is 0 Å². The van der Waals surface area contributed by atoms with Crippen molar-refractivity contribution in [2.24, 2.45) is 0 Å². The first-order chi connectivity index (χ1) is 10.3. The molecule has 0 radical (unpaired) electrons. The van der Waals surface area contributed by atoms with Crippen LogP contribution >= 0.6 is 0 Å². The number of fused-ring (bicyclic) bond motifs is 1. The van der Waals surface area contributed by atoms with E-state index in [1.165, 1.54) is 0 Å². The lowest BCUT2D eigenvalue weighted by molar-refractivity contribution is 0.306. The maximum absolute atomic E-state index is 9.17. The van der Waals surface area contributed by atoms with Crippen molar-refractivity contribution in [3.8, 4) is 11.8 Å². The minimum atomic E-state index is 0.546. The first kappa shape index (κ1) is 13.3. The van der Waals surface area contributed by atoms with E-state index in [9.17, 15) is 5.26 Å². The summed E-state index contributed by atoms with van der Waals surface area (Å²) < 4.78 is 7.92. The highest BCUT2D eigenvalue weighted by Gasteiger charge is 2.08. The molecular weight excluding hydrogens is 260 g/mol. The Morgan fingerprint density at radius 1 is 1.14 bits per heavy atom. The van der Waals surface area contributed by atoms with Gasteiger partial charge in [0, 0.05) is 24.2 Å². The second kappa shape index (κ2) is 5.72. The molecule has 0 saturated carbocycles. The van der Waals surface area contributed by atoms with Gasteiger partial charge in [0.1, 0.15) is 18.4 Å². The Balaban J connectivity index is 1.89. The fourth-order valence-corrected chi connectivity index (χ4v) is 2.45. The van der Waals surface area contributed by atoms with E-state index in [-0.39, 0.29) is 0 Å². The lowest BCUT2D eigenvalue weighted by Gasteiger charge is -2.07. The molecule has 0 aliphatic rings. The molecule has 3 nitrogen and oxygen atoms in total. The van der Waals surface area contributed by atoms with E-state index in [1.54, 1.807) is 0 Å². The highest BCUT2D eigenvalue weighted by Crippen LogP contribution is 2.26. The lowest BCUT2D eigenvalue weighted by atomic mass is 10.2. The van der Waals surface area contributed by atoms with E-state index >= 15 is 0 Å². The number of hydrogen-bond acceptors (Lipinski definition) is 2. The topological polar surface area (TPSA) is 38.0 Å². The summed E-state index contributed by atoms with van der Waals surface area (Å²) in [5.41, 5.74) is 2.89. The number of ether oxygens (including phenoxy) is 1. The van der Waals surface area contributed by atoms with Crippen molar-refractivity contribution >= 4 is 10.9 Å². The first-order valence-electron chi connectivity index (χ1n) is 7.01. The predicted octanol–water partition coefficient (Wildman–Crippen LogP) is 4.11. The van der Waals surface area contributed by atoms with Crippen LogP contribution in [-0.4, -0.2) is 4.57 Å². The second-order valence-corrected chi connectivity index (χ2v) is 4.89. The van der Waals surface area contributed by atoms with E-state index in [4.69, 9.17) is 4.74 Å². The van der Waals surface area contributed by atoms with Gasteiger partial charge in [0.25, 0.3) is 0 Å². The highest BCUT2D eigenvalue weighted by molar-refractivity contribution is 5.87. The number of hydrogen-bond donors (Lipinski definition) is 0. The van der Waals surface area contributed by atoms with E-state index in [0.29, 0.717) is 12.2 Å². The maximum Gasteiger partial charge on any atom is 0.121 e. The summed E-state index contributed by atoms with van der Waals surface area (Å²) in [6, 6.07) is 18.2. The van der Waals surface area contributed by atoms with Crippen molar-refractivity contribution in [2.75, 3.05) is 0 Å². The molecule has 0 N–H and O–H groups in total. The standard InChI is InChI=1S/C18H16N2O/c1-2-20-12-15(11-19)17-9-8-16(10-18(17)20)21-13-14-6-4-3-5-7-14/h3-10,12H,2,13H2,1H3. The summed E-state index contributed by atoms with van der Waals surface area (Å²) >= 11 is 0. The van der Waals surface area contributed by atoms with Crippen molar-refractivity contribution in [2.45, 2.75) is 20.1 Å². The molecule has 2 aromatic carbocycles. The third kappa shape index (κ3) is 2.61. The minimum Gasteiger partial charge on any atom is -0.489 e. The zero-order chi connectivity index (χ0) is 14.7. The Bertz CT molecular complexity index is 797. The molecule has 3 heteroatoms. The van der Waals surface area contributed by atoms with Crippen molar-refractivity contribution in [3.63, 3.8) is 0 Å². The fourth-order valence-electron chi connectivity index (χ4n) is 2.45. The van der Waals surface area contributed by atoms with Gasteiger partial charge in [-0.15, -0.1) is 0 Å². The fraction of sp³-hybridized carbons (Fsp3) is 0.167. The highest BCUT2D eigenvalue weighted by atomic mass is 16.5. The molecule has 0 amide bonds. The van der Waals surface area contributed by atoms with Crippen LogP contribution in [0.15, 0.2) is 54.7 Å². The van der Waals surface area contributed by atoms with Gasteiger partial charge in [-0.2, -0.15) is 5.26 Å². The summed E-state index contributed by atoms with van der Waals surface area (Å²) in [6.07, 6.45) is 1.89. The van der Waals surface area contributed by atoms with Crippen molar-refractivity contribution < 1.29 is 4.74 Å². The van der Waals surface area contributed by atoms with Gasteiger partial charge in [-0.05, 0) is 24.6 Å². The maximum atomic E-state index is 9.17. The molecule has 0 unspecified atom stereocenters. The normalized spacial score (nSPS) is 10.5. The van der Waals surface area contributed by atoms with Crippen LogP contribution in [0.25, 0.3) is 10.9 Å². The first-order valence-corrected chi connectivity index (χ1v) is 7.01. The predicted molar refractivity (Wildman–Crippen MR) is 83.1 cm³/mol. The molecule has 1 aromatic heterocycles. The zero-order valence-corrected chi connectivity index (χ0v) is 11.9. The number of benzene rings is 2. The smallest absolute Gasteiger partial charge is 0.121 e. The Morgan fingerprint density at radius 3 is 2.67 bits per heavy atom. The SMILES string of the molecule is CCn1cc(C#N)c2ccc(OCc3ccccc3)cc21. The molecular formula is C18H16N2O. The van der Waals surface area contributed by atoms with Gasteiger partial charge < -0.3 is 9.30 Å². The van der Waals surface area contributed by atoms with E-state index in [0.717, 1.165) is 28.8 Å². The van der Waals surface area contributed by atoms with Gasteiger partial charge in [0.2, 0.25) is 0 Å². The lowest BCUT2D eigenvalue weighted by Crippen LogP contribution is -1.96. The molecule has 0 saturated heterocycles. The van der Waals surface area contributed by atoms with E-state index < -0.39 is 0 Å². The Morgan fingerprint density at radius 2 is 1.95 bits per heavy atom. The summed E-state index contributed by atoms with van der Waals surface area (Å²) in [6.45, 7) is 3.45. The van der Waals surface area contributed by atoms with Gasteiger partial charge in [-0.25, -0.2) is 0 Å². The van der Waals surface area contributed by atoms with E-state index in [1.807, 2.05) is 54.7 Å². The molecule has 104 valence electrons. The van der Waals surface area contributed by atoms with Crippen molar-refractivity contribution in [1.29, 1.82) is 5.26 Å². The third-order valence-electron chi connectivity index (χ3n) is 3.56. The second-order valence-electron chi connectivity index (χ2n) is 4.89. The molecule has 0 aliphatic heterocycles. The quantitative estimate of drug-likeness (QED) is 0.719. The molecule has 3 aromatic rings. The van der Waals surface area contributed by atoms with Gasteiger partial charge >= 0.3 is 0 Å². The van der Waals surface area contributed by atoms with Crippen LogP contribution < -0.4 is 4.74 Å². The number of aryl methyl sites for hydroxylation is 1. The molecule has 21 heavy (non-hydrogen) atoms. The summed E-state index contributed by atoms with van der Waals surface area (Å²) in [4.78, 5) is 0. The minimum absolute atomic E-state index is 0.546.